The Morgan fingerprint density at radius 2 is 1.73 bits per heavy atom. The minimum Gasteiger partial charge on any atom is -0.482 e. The summed E-state index contributed by atoms with van der Waals surface area (Å²) in [4.78, 5) is 26.7. The number of hydrogen-bond acceptors (Lipinski definition) is 3. The summed E-state index contributed by atoms with van der Waals surface area (Å²) in [7, 11) is 0. The summed E-state index contributed by atoms with van der Waals surface area (Å²) in [5, 5.41) is 4.10. The number of carbonyl (C=O) groups excluding carboxylic acids is 2. The first kappa shape index (κ1) is 20.5. The fourth-order valence-corrected chi connectivity index (χ4v) is 3.49. The maximum absolute atomic E-state index is 12.6. The number of nitrogens with one attached hydrogen (secondary N) is 1. The zero-order valence-electron chi connectivity index (χ0n) is 15.5. The molecule has 0 fully saturated rings. The number of nitrogens with zero attached hydrogens (tertiary/aromatic N) is 1. The van der Waals surface area contributed by atoms with Crippen molar-refractivity contribution in [1.82, 2.24) is 0 Å². The van der Waals surface area contributed by atoms with Crippen molar-refractivity contribution in [2.45, 2.75) is 6.54 Å². The molecule has 5 nitrogen and oxygen atoms in total. The summed E-state index contributed by atoms with van der Waals surface area (Å²) in [6.45, 7) is 0.312. The third-order valence-corrected chi connectivity index (χ3v) is 5.59. The molecule has 152 valence electrons. The molecule has 2 amide bonds. The number of hydrogen-bond donors (Lipinski definition) is 1. The molecule has 0 bridgehead atoms. The Morgan fingerprint density at radius 3 is 2.47 bits per heavy atom. The Bertz CT molecular complexity index is 1130. The molecule has 1 heterocycles. The van der Waals surface area contributed by atoms with E-state index in [1.54, 1.807) is 47.4 Å². The number of fused-ring (bicyclic) bond motifs is 1. The highest BCUT2D eigenvalue weighted by Crippen LogP contribution is 2.36. The van der Waals surface area contributed by atoms with E-state index in [4.69, 9.17) is 39.5 Å². The summed E-state index contributed by atoms with van der Waals surface area (Å²) >= 11 is 17.9. The van der Waals surface area contributed by atoms with E-state index in [0.717, 1.165) is 5.56 Å². The summed E-state index contributed by atoms with van der Waals surface area (Å²) in [5.74, 6) is 0.0438. The van der Waals surface area contributed by atoms with Gasteiger partial charge in [-0.15, -0.1) is 0 Å². The van der Waals surface area contributed by atoms with Crippen molar-refractivity contribution < 1.29 is 14.3 Å². The summed E-state index contributed by atoms with van der Waals surface area (Å²) in [6.07, 6.45) is 0. The molecule has 0 saturated carbocycles. The van der Waals surface area contributed by atoms with Crippen LogP contribution in [0.5, 0.6) is 5.75 Å². The average Bonchev–Trinajstić information content (AvgIpc) is 2.73. The predicted octanol–water partition coefficient (Wildman–Crippen LogP) is 5.82. The van der Waals surface area contributed by atoms with E-state index in [1.165, 1.54) is 6.07 Å². The van der Waals surface area contributed by atoms with Crippen LogP contribution >= 0.6 is 34.8 Å². The Kier molecular flexibility index (Phi) is 5.86. The third-order valence-electron chi connectivity index (χ3n) is 4.60. The second kappa shape index (κ2) is 8.56. The van der Waals surface area contributed by atoms with E-state index in [0.29, 0.717) is 44.3 Å². The van der Waals surface area contributed by atoms with Crippen molar-refractivity contribution in [2.75, 3.05) is 16.8 Å². The standard InChI is InChI=1S/C22H15Cl3N2O3/c23-15-4-1-13(2-5-15)11-27-19-10-16(6-8-20(19)30-12-21(27)28)26-22(29)14-3-7-17(24)18(25)9-14/h1-10H,11-12H2,(H,26,29). The van der Waals surface area contributed by atoms with Gasteiger partial charge < -0.3 is 15.0 Å². The topological polar surface area (TPSA) is 58.6 Å². The molecular formula is C22H15Cl3N2O3. The summed E-state index contributed by atoms with van der Waals surface area (Å²) in [5.41, 5.74) is 2.38. The first-order valence-electron chi connectivity index (χ1n) is 8.99. The van der Waals surface area contributed by atoms with E-state index in [9.17, 15) is 9.59 Å². The smallest absolute Gasteiger partial charge is 0.265 e. The molecule has 0 aromatic heterocycles. The lowest BCUT2D eigenvalue weighted by Crippen LogP contribution is -2.38. The van der Waals surface area contributed by atoms with Crippen LogP contribution < -0.4 is 15.0 Å². The number of halogens is 3. The fraction of sp³-hybridized carbons (Fsp3) is 0.0909. The molecule has 0 radical (unpaired) electrons. The van der Waals surface area contributed by atoms with Crippen LogP contribution in [-0.4, -0.2) is 18.4 Å². The van der Waals surface area contributed by atoms with Gasteiger partial charge in [0.2, 0.25) is 0 Å². The average molecular weight is 462 g/mol. The Labute approximate surface area is 188 Å². The third kappa shape index (κ3) is 4.38. The van der Waals surface area contributed by atoms with Gasteiger partial charge >= 0.3 is 0 Å². The van der Waals surface area contributed by atoms with Crippen molar-refractivity contribution in [1.29, 1.82) is 0 Å². The molecule has 0 saturated heterocycles. The SMILES string of the molecule is O=C(Nc1ccc2c(c1)N(Cc1ccc(Cl)cc1)C(=O)CO2)c1ccc(Cl)c(Cl)c1. The fourth-order valence-electron chi connectivity index (χ4n) is 3.07. The highest BCUT2D eigenvalue weighted by molar-refractivity contribution is 6.42. The number of ether oxygens (including phenoxy) is 1. The van der Waals surface area contributed by atoms with Gasteiger partial charge in [0.25, 0.3) is 11.8 Å². The van der Waals surface area contributed by atoms with Crippen molar-refractivity contribution in [2.24, 2.45) is 0 Å². The van der Waals surface area contributed by atoms with Crippen LogP contribution in [0.4, 0.5) is 11.4 Å². The van der Waals surface area contributed by atoms with Crippen LogP contribution in [-0.2, 0) is 11.3 Å². The summed E-state index contributed by atoms with van der Waals surface area (Å²) in [6, 6.07) is 17.1. The van der Waals surface area contributed by atoms with E-state index in [2.05, 4.69) is 5.32 Å². The van der Waals surface area contributed by atoms with Crippen LogP contribution in [0.15, 0.2) is 60.7 Å². The second-order valence-electron chi connectivity index (χ2n) is 6.66. The Hall–Kier alpha value is -2.73. The van der Waals surface area contributed by atoms with E-state index < -0.39 is 0 Å². The monoisotopic (exact) mass is 460 g/mol. The molecule has 4 rings (SSSR count). The number of anilines is 2. The van der Waals surface area contributed by atoms with Gasteiger partial charge in [-0.2, -0.15) is 0 Å². The Morgan fingerprint density at radius 1 is 0.967 bits per heavy atom. The van der Waals surface area contributed by atoms with Crippen molar-refractivity contribution >= 4 is 58.0 Å². The minimum absolute atomic E-state index is 0.0461. The quantitative estimate of drug-likeness (QED) is 0.532. The van der Waals surface area contributed by atoms with Crippen LogP contribution in [0, 0.1) is 0 Å². The highest BCUT2D eigenvalue weighted by Gasteiger charge is 2.26. The molecule has 0 atom stereocenters. The molecule has 30 heavy (non-hydrogen) atoms. The van der Waals surface area contributed by atoms with Gasteiger partial charge in [0, 0.05) is 16.3 Å². The van der Waals surface area contributed by atoms with E-state index in [1.807, 2.05) is 12.1 Å². The normalized spacial score (nSPS) is 12.9. The first-order chi connectivity index (χ1) is 14.4. The van der Waals surface area contributed by atoms with Gasteiger partial charge in [-0.3, -0.25) is 9.59 Å². The minimum atomic E-state index is -0.346. The van der Waals surface area contributed by atoms with Crippen LogP contribution in [0.25, 0.3) is 0 Å². The molecule has 3 aromatic carbocycles. The number of benzene rings is 3. The van der Waals surface area contributed by atoms with Gasteiger partial charge in [0.1, 0.15) is 5.75 Å². The van der Waals surface area contributed by atoms with Crippen LogP contribution in [0.1, 0.15) is 15.9 Å². The lowest BCUT2D eigenvalue weighted by molar-refractivity contribution is -0.121. The van der Waals surface area contributed by atoms with Crippen LogP contribution in [0.2, 0.25) is 15.1 Å². The number of amides is 2. The Balaban J connectivity index is 1.59. The molecular weight excluding hydrogens is 447 g/mol. The van der Waals surface area contributed by atoms with Gasteiger partial charge in [0.15, 0.2) is 6.61 Å². The van der Waals surface area contributed by atoms with Gasteiger partial charge in [-0.25, -0.2) is 0 Å². The lowest BCUT2D eigenvalue weighted by Gasteiger charge is -2.30. The van der Waals surface area contributed by atoms with E-state index >= 15 is 0 Å². The zero-order chi connectivity index (χ0) is 21.3. The van der Waals surface area contributed by atoms with Crippen molar-refractivity contribution in [3.05, 3.63) is 86.9 Å². The lowest BCUT2D eigenvalue weighted by atomic mass is 10.1. The second-order valence-corrected chi connectivity index (χ2v) is 7.91. The van der Waals surface area contributed by atoms with Crippen molar-refractivity contribution in [3.63, 3.8) is 0 Å². The van der Waals surface area contributed by atoms with Gasteiger partial charge in [-0.1, -0.05) is 46.9 Å². The predicted molar refractivity (Wildman–Crippen MR) is 119 cm³/mol. The van der Waals surface area contributed by atoms with Gasteiger partial charge in [-0.05, 0) is 54.1 Å². The largest absolute Gasteiger partial charge is 0.482 e. The highest BCUT2D eigenvalue weighted by atomic mass is 35.5. The molecule has 0 unspecified atom stereocenters. The first-order valence-corrected chi connectivity index (χ1v) is 10.1. The summed E-state index contributed by atoms with van der Waals surface area (Å²) < 4.78 is 5.54. The van der Waals surface area contributed by atoms with Crippen molar-refractivity contribution in [3.8, 4) is 5.75 Å². The maximum Gasteiger partial charge on any atom is 0.265 e. The molecule has 0 aliphatic carbocycles. The maximum atomic E-state index is 12.6. The molecule has 1 aliphatic heterocycles. The molecule has 8 heteroatoms. The number of rotatable bonds is 4. The number of carbonyl (C=O) groups is 2. The molecule has 3 aromatic rings. The zero-order valence-corrected chi connectivity index (χ0v) is 17.8. The molecule has 1 aliphatic rings. The molecule has 1 N–H and O–H groups in total. The van der Waals surface area contributed by atoms with Crippen LogP contribution in [0.3, 0.4) is 0 Å². The van der Waals surface area contributed by atoms with E-state index in [-0.39, 0.29) is 18.4 Å². The molecule has 0 spiro atoms. The van der Waals surface area contributed by atoms with Gasteiger partial charge in [0.05, 0.1) is 22.3 Å².